The van der Waals surface area contributed by atoms with Crippen molar-refractivity contribution in [2.75, 3.05) is 0 Å². The van der Waals surface area contributed by atoms with Crippen molar-refractivity contribution in [1.29, 1.82) is 0 Å². The average molecular weight is 197 g/mol. The molecule has 0 aromatic carbocycles. The molecule has 0 aromatic rings. The Morgan fingerprint density at radius 2 is 1.71 bits per heavy atom. The van der Waals surface area contributed by atoms with Crippen molar-refractivity contribution in [3.63, 3.8) is 0 Å². The van der Waals surface area contributed by atoms with Gasteiger partial charge < -0.3 is 5.73 Å². The van der Waals surface area contributed by atoms with Crippen LogP contribution >= 0.6 is 0 Å². The largest absolute Gasteiger partial charge is 0.328 e. The molecule has 0 aromatic heterocycles. The third-order valence-corrected chi connectivity index (χ3v) is 3.94. The molecule has 1 aliphatic carbocycles. The second-order valence-electron chi connectivity index (χ2n) is 5.48. The summed E-state index contributed by atoms with van der Waals surface area (Å²) in [6, 6.07) is 0.380. The van der Waals surface area contributed by atoms with E-state index in [1.807, 2.05) is 0 Å². The zero-order chi connectivity index (χ0) is 10.6. The average Bonchev–Trinajstić information content (AvgIpc) is 2.18. The molecule has 0 radical (unpaired) electrons. The predicted molar refractivity (Wildman–Crippen MR) is 63.2 cm³/mol. The van der Waals surface area contributed by atoms with Gasteiger partial charge in [0.15, 0.2) is 0 Å². The van der Waals surface area contributed by atoms with Crippen LogP contribution in [0.15, 0.2) is 0 Å². The lowest BCUT2D eigenvalue weighted by atomic mass is 9.80. The molecule has 0 spiro atoms. The molecule has 0 saturated heterocycles. The second-order valence-corrected chi connectivity index (χ2v) is 5.48. The molecular weight excluding hydrogens is 170 g/mol. The van der Waals surface area contributed by atoms with E-state index in [-0.39, 0.29) is 0 Å². The maximum absolute atomic E-state index is 6.09. The second kappa shape index (κ2) is 5.75. The number of hydrogen-bond donors (Lipinski definition) is 1. The van der Waals surface area contributed by atoms with Gasteiger partial charge in [-0.15, -0.1) is 0 Å². The Bertz CT molecular complexity index is 153. The first kappa shape index (κ1) is 12.0. The maximum Gasteiger partial charge on any atom is 0.00414 e. The van der Waals surface area contributed by atoms with E-state index in [1.165, 1.54) is 38.5 Å². The van der Waals surface area contributed by atoms with Gasteiger partial charge in [0.2, 0.25) is 0 Å². The summed E-state index contributed by atoms with van der Waals surface area (Å²) in [6.07, 6.45) is 8.42. The highest BCUT2D eigenvalue weighted by Gasteiger charge is 2.24. The maximum atomic E-state index is 6.09. The molecule has 0 bridgehead atoms. The van der Waals surface area contributed by atoms with Gasteiger partial charge in [-0.1, -0.05) is 46.0 Å². The van der Waals surface area contributed by atoms with Gasteiger partial charge in [-0.25, -0.2) is 0 Å². The van der Waals surface area contributed by atoms with Crippen LogP contribution in [-0.4, -0.2) is 6.04 Å². The minimum absolute atomic E-state index is 0.380. The summed E-state index contributed by atoms with van der Waals surface area (Å²) in [5.41, 5.74) is 6.09. The SMILES string of the molecule is CC1CCCCCC(C)C(C(C)N)C1. The molecule has 1 rings (SSSR count). The van der Waals surface area contributed by atoms with E-state index in [2.05, 4.69) is 20.8 Å². The first-order chi connectivity index (χ1) is 6.61. The van der Waals surface area contributed by atoms with Gasteiger partial charge in [0.1, 0.15) is 0 Å². The Morgan fingerprint density at radius 3 is 2.36 bits per heavy atom. The van der Waals surface area contributed by atoms with Gasteiger partial charge in [-0.3, -0.25) is 0 Å². The third kappa shape index (κ3) is 3.61. The fourth-order valence-corrected chi connectivity index (χ4v) is 2.90. The van der Waals surface area contributed by atoms with Crippen LogP contribution in [-0.2, 0) is 0 Å². The normalized spacial score (nSPS) is 38.1. The highest BCUT2D eigenvalue weighted by atomic mass is 14.6. The van der Waals surface area contributed by atoms with Gasteiger partial charge in [0, 0.05) is 6.04 Å². The molecule has 1 fully saturated rings. The van der Waals surface area contributed by atoms with Crippen molar-refractivity contribution in [3.8, 4) is 0 Å². The molecule has 0 amide bonds. The summed E-state index contributed by atoms with van der Waals surface area (Å²) < 4.78 is 0. The van der Waals surface area contributed by atoms with Crippen molar-refractivity contribution in [2.24, 2.45) is 23.5 Å². The molecule has 84 valence electrons. The molecule has 4 unspecified atom stereocenters. The van der Waals surface area contributed by atoms with Gasteiger partial charge in [0.05, 0.1) is 0 Å². The molecule has 0 heterocycles. The van der Waals surface area contributed by atoms with Crippen LogP contribution in [0.25, 0.3) is 0 Å². The first-order valence-corrected chi connectivity index (χ1v) is 6.37. The van der Waals surface area contributed by atoms with E-state index in [0.717, 1.165) is 17.8 Å². The van der Waals surface area contributed by atoms with Crippen LogP contribution in [0, 0.1) is 17.8 Å². The predicted octanol–water partition coefficient (Wildman–Crippen LogP) is 3.58. The van der Waals surface area contributed by atoms with E-state index >= 15 is 0 Å². The van der Waals surface area contributed by atoms with Crippen molar-refractivity contribution in [2.45, 2.75) is 65.3 Å². The molecule has 4 atom stereocenters. The van der Waals surface area contributed by atoms with Crippen molar-refractivity contribution < 1.29 is 0 Å². The van der Waals surface area contributed by atoms with Crippen LogP contribution in [0.3, 0.4) is 0 Å². The number of nitrogens with two attached hydrogens (primary N) is 1. The Kier molecular flexibility index (Phi) is 4.94. The highest BCUT2D eigenvalue weighted by molar-refractivity contribution is 4.77. The lowest BCUT2D eigenvalue weighted by molar-refractivity contribution is 0.245. The van der Waals surface area contributed by atoms with Gasteiger partial charge in [-0.05, 0) is 31.1 Å². The zero-order valence-electron chi connectivity index (χ0n) is 10.1. The molecule has 1 heteroatoms. The Hall–Kier alpha value is -0.0400. The van der Waals surface area contributed by atoms with Crippen LogP contribution in [0.5, 0.6) is 0 Å². The zero-order valence-corrected chi connectivity index (χ0v) is 10.1. The molecular formula is C13H27N. The minimum atomic E-state index is 0.380. The van der Waals surface area contributed by atoms with Crippen LogP contribution < -0.4 is 5.73 Å². The van der Waals surface area contributed by atoms with Gasteiger partial charge >= 0.3 is 0 Å². The van der Waals surface area contributed by atoms with E-state index in [1.54, 1.807) is 0 Å². The fraction of sp³-hybridized carbons (Fsp3) is 1.00. The molecule has 1 aliphatic rings. The Morgan fingerprint density at radius 1 is 1.07 bits per heavy atom. The topological polar surface area (TPSA) is 26.0 Å². The molecule has 1 nitrogen and oxygen atoms in total. The summed E-state index contributed by atoms with van der Waals surface area (Å²) in [4.78, 5) is 0. The van der Waals surface area contributed by atoms with Gasteiger partial charge in [0.25, 0.3) is 0 Å². The van der Waals surface area contributed by atoms with Gasteiger partial charge in [-0.2, -0.15) is 0 Å². The summed E-state index contributed by atoms with van der Waals surface area (Å²) in [6.45, 7) is 6.98. The van der Waals surface area contributed by atoms with E-state index in [9.17, 15) is 0 Å². The summed E-state index contributed by atoms with van der Waals surface area (Å²) in [7, 11) is 0. The smallest absolute Gasteiger partial charge is 0.00414 e. The summed E-state index contributed by atoms with van der Waals surface area (Å²) in [5.74, 6) is 2.46. The third-order valence-electron chi connectivity index (χ3n) is 3.94. The van der Waals surface area contributed by atoms with Crippen molar-refractivity contribution >= 4 is 0 Å². The molecule has 14 heavy (non-hydrogen) atoms. The van der Waals surface area contributed by atoms with E-state index in [0.29, 0.717) is 6.04 Å². The summed E-state index contributed by atoms with van der Waals surface area (Å²) >= 11 is 0. The van der Waals surface area contributed by atoms with Crippen LogP contribution in [0.4, 0.5) is 0 Å². The highest BCUT2D eigenvalue weighted by Crippen LogP contribution is 2.31. The monoisotopic (exact) mass is 197 g/mol. The molecule has 2 N–H and O–H groups in total. The van der Waals surface area contributed by atoms with E-state index in [4.69, 9.17) is 5.73 Å². The lowest BCUT2D eigenvalue weighted by Gasteiger charge is -2.28. The van der Waals surface area contributed by atoms with Crippen LogP contribution in [0.1, 0.15) is 59.3 Å². The standard InChI is InChI=1S/C13H27N/c1-10-7-5-4-6-8-11(2)13(9-10)12(3)14/h10-13H,4-9,14H2,1-3H3. The lowest BCUT2D eigenvalue weighted by Crippen LogP contribution is -2.32. The fourth-order valence-electron chi connectivity index (χ4n) is 2.90. The van der Waals surface area contributed by atoms with Crippen molar-refractivity contribution in [1.82, 2.24) is 0 Å². The van der Waals surface area contributed by atoms with E-state index < -0.39 is 0 Å². The molecule has 1 saturated carbocycles. The van der Waals surface area contributed by atoms with Crippen molar-refractivity contribution in [3.05, 3.63) is 0 Å². The minimum Gasteiger partial charge on any atom is -0.328 e. The number of hydrogen-bond acceptors (Lipinski definition) is 1. The van der Waals surface area contributed by atoms with Crippen LogP contribution in [0.2, 0.25) is 0 Å². The first-order valence-electron chi connectivity index (χ1n) is 6.37. The number of rotatable bonds is 1. The molecule has 0 aliphatic heterocycles. The Balaban J connectivity index is 2.56. The quantitative estimate of drug-likeness (QED) is 0.683. The Labute approximate surface area is 89.5 Å². The summed E-state index contributed by atoms with van der Waals surface area (Å²) in [5, 5.41) is 0.